The molecular weight excluding hydrogens is 390 g/mol. The number of benzene rings is 2. The van der Waals surface area contributed by atoms with Gasteiger partial charge in [0.1, 0.15) is 18.9 Å². The van der Waals surface area contributed by atoms with E-state index in [0.29, 0.717) is 19.6 Å². The number of para-hydroxylation sites is 1. The van der Waals surface area contributed by atoms with Gasteiger partial charge in [-0.3, -0.25) is 9.59 Å². The van der Waals surface area contributed by atoms with Crippen molar-refractivity contribution in [3.8, 4) is 5.75 Å². The Morgan fingerprint density at radius 1 is 1.06 bits per heavy atom. The minimum atomic E-state index is -0.221. The molecule has 2 aromatic carbocycles. The number of hydrogen-bond donors (Lipinski definition) is 1. The highest BCUT2D eigenvalue weighted by Crippen LogP contribution is 2.29. The predicted octanol–water partition coefficient (Wildman–Crippen LogP) is 1.40. The molecule has 0 spiro atoms. The normalized spacial score (nSPS) is 20.7. The summed E-state index contributed by atoms with van der Waals surface area (Å²) in [5, 5.41) is 0. The van der Waals surface area contributed by atoms with Crippen molar-refractivity contribution in [2.24, 2.45) is 5.92 Å². The maximum absolute atomic E-state index is 13.1. The molecule has 6 nitrogen and oxygen atoms in total. The smallest absolute Gasteiger partial charge is 0.228 e. The summed E-state index contributed by atoms with van der Waals surface area (Å²) < 4.78 is 5.80. The minimum absolute atomic E-state index is 0.00240. The fourth-order valence-corrected chi connectivity index (χ4v) is 4.56. The summed E-state index contributed by atoms with van der Waals surface area (Å²) >= 11 is 0. The second-order valence-corrected chi connectivity index (χ2v) is 8.52. The van der Waals surface area contributed by atoms with Crippen molar-refractivity contribution in [1.29, 1.82) is 0 Å². The van der Waals surface area contributed by atoms with Gasteiger partial charge in [-0.05, 0) is 24.6 Å². The first-order valence-corrected chi connectivity index (χ1v) is 11.3. The molecule has 0 aromatic heterocycles. The van der Waals surface area contributed by atoms with Gasteiger partial charge in [0.25, 0.3) is 0 Å². The van der Waals surface area contributed by atoms with Crippen LogP contribution in [0.5, 0.6) is 5.75 Å². The molecule has 2 amide bonds. The van der Waals surface area contributed by atoms with E-state index < -0.39 is 0 Å². The maximum Gasteiger partial charge on any atom is 0.228 e. The van der Waals surface area contributed by atoms with E-state index in [0.717, 1.165) is 44.0 Å². The average molecular weight is 423 g/mol. The van der Waals surface area contributed by atoms with Crippen molar-refractivity contribution in [3.63, 3.8) is 0 Å². The number of hydrogen-bond acceptors (Lipinski definition) is 3. The lowest BCUT2D eigenvalue weighted by Crippen LogP contribution is -3.15. The molecule has 2 fully saturated rings. The van der Waals surface area contributed by atoms with E-state index in [-0.39, 0.29) is 23.8 Å². The number of ether oxygens (including phenoxy) is 1. The number of carbonyl (C=O) groups excluding carboxylic acids is 2. The maximum atomic E-state index is 13.1. The van der Waals surface area contributed by atoms with Gasteiger partial charge in [-0.2, -0.15) is 0 Å². The third-order valence-corrected chi connectivity index (χ3v) is 6.51. The molecule has 1 N–H and O–H groups in total. The number of quaternary nitrogens is 1. The van der Waals surface area contributed by atoms with E-state index in [1.54, 1.807) is 0 Å². The number of rotatable bonds is 7. The molecule has 0 aliphatic carbocycles. The number of likely N-dealkylation sites (tertiary alicyclic amines) is 1. The highest BCUT2D eigenvalue weighted by molar-refractivity contribution is 5.89. The lowest BCUT2D eigenvalue weighted by molar-refractivity contribution is -0.904. The van der Waals surface area contributed by atoms with Crippen molar-refractivity contribution in [2.45, 2.75) is 19.4 Å². The molecule has 2 heterocycles. The minimum Gasteiger partial charge on any atom is -0.488 e. The second kappa shape index (κ2) is 9.96. The van der Waals surface area contributed by atoms with Crippen LogP contribution in [0.2, 0.25) is 0 Å². The Morgan fingerprint density at radius 3 is 2.39 bits per heavy atom. The molecule has 2 saturated heterocycles. The van der Waals surface area contributed by atoms with Gasteiger partial charge in [-0.25, -0.2) is 0 Å². The number of piperazine rings is 1. The molecule has 6 heteroatoms. The predicted molar refractivity (Wildman–Crippen MR) is 119 cm³/mol. The highest BCUT2D eigenvalue weighted by atomic mass is 16.5. The van der Waals surface area contributed by atoms with Crippen LogP contribution in [0.25, 0.3) is 0 Å². The van der Waals surface area contributed by atoms with Gasteiger partial charge < -0.3 is 19.4 Å². The van der Waals surface area contributed by atoms with E-state index in [1.165, 1.54) is 4.90 Å². The van der Waals surface area contributed by atoms with Crippen LogP contribution in [0.15, 0.2) is 60.7 Å². The summed E-state index contributed by atoms with van der Waals surface area (Å²) in [5.41, 5.74) is 1.11. The number of nitrogens with one attached hydrogen (secondary N) is 1. The first kappa shape index (κ1) is 21.4. The van der Waals surface area contributed by atoms with Crippen molar-refractivity contribution in [2.75, 3.05) is 45.9 Å². The molecule has 164 valence electrons. The molecule has 0 unspecified atom stereocenters. The molecule has 2 aliphatic rings. The van der Waals surface area contributed by atoms with Crippen molar-refractivity contribution in [3.05, 3.63) is 66.2 Å². The standard InChI is InChI=1S/C25H31N3O3/c1-20(21-8-4-2-5-9-21)28-19-22(18-24(28)29)25(30)27-14-12-26(13-15-27)16-17-31-23-10-6-3-7-11-23/h2-11,20,22H,12-19H2,1H3/p+1/t20-,22+/m0/s1. The molecule has 0 saturated carbocycles. The number of amides is 2. The van der Waals surface area contributed by atoms with Crippen LogP contribution < -0.4 is 9.64 Å². The van der Waals surface area contributed by atoms with E-state index in [2.05, 4.69) is 0 Å². The van der Waals surface area contributed by atoms with Crippen LogP contribution in [0.3, 0.4) is 0 Å². The van der Waals surface area contributed by atoms with Crippen molar-refractivity contribution in [1.82, 2.24) is 9.80 Å². The van der Waals surface area contributed by atoms with Crippen molar-refractivity contribution < 1.29 is 19.2 Å². The lowest BCUT2D eigenvalue weighted by atomic mass is 10.1. The van der Waals surface area contributed by atoms with Crippen LogP contribution in [-0.2, 0) is 9.59 Å². The highest BCUT2D eigenvalue weighted by Gasteiger charge is 2.39. The largest absolute Gasteiger partial charge is 0.488 e. The third-order valence-electron chi connectivity index (χ3n) is 6.51. The molecule has 2 aromatic rings. The Bertz CT molecular complexity index is 866. The second-order valence-electron chi connectivity index (χ2n) is 8.52. The van der Waals surface area contributed by atoms with E-state index in [4.69, 9.17) is 4.74 Å². The van der Waals surface area contributed by atoms with E-state index >= 15 is 0 Å². The summed E-state index contributed by atoms with van der Waals surface area (Å²) in [7, 11) is 0. The zero-order valence-corrected chi connectivity index (χ0v) is 18.2. The summed E-state index contributed by atoms with van der Waals surface area (Å²) in [5.74, 6) is 0.894. The molecule has 0 bridgehead atoms. The SMILES string of the molecule is C[C@@H](c1ccccc1)N1C[C@H](C(=O)N2CC[NH+](CCOc3ccccc3)CC2)CC1=O. The number of carbonyl (C=O) groups is 2. The quantitative estimate of drug-likeness (QED) is 0.734. The number of nitrogens with zero attached hydrogens (tertiary/aromatic N) is 2. The van der Waals surface area contributed by atoms with Gasteiger partial charge in [-0.1, -0.05) is 48.5 Å². The Labute approximate surface area is 184 Å². The Morgan fingerprint density at radius 2 is 1.71 bits per heavy atom. The summed E-state index contributed by atoms with van der Waals surface area (Å²) in [4.78, 5) is 31.0. The fourth-order valence-electron chi connectivity index (χ4n) is 4.56. The van der Waals surface area contributed by atoms with Gasteiger partial charge in [0.15, 0.2) is 0 Å². The lowest BCUT2D eigenvalue weighted by Gasteiger charge is -2.33. The summed E-state index contributed by atoms with van der Waals surface area (Å²) in [6, 6.07) is 19.9. The van der Waals surface area contributed by atoms with Crippen LogP contribution in [0.1, 0.15) is 24.9 Å². The molecule has 2 aliphatic heterocycles. The van der Waals surface area contributed by atoms with Gasteiger partial charge in [0.2, 0.25) is 11.8 Å². The fraction of sp³-hybridized carbons (Fsp3) is 0.440. The zero-order valence-electron chi connectivity index (χ0n) is 18.2. The Kier molecular flexibility index (Phi) is 6.87. The van der Waals surface area contributed by atoms with Crippen LogP contribution in [0, 0.1) is 5.92 Å². The molecule has 0 radical (unpaired) electrons. The van der Waals surface area contributed by atoms with E-state index in [1.807, 2.05) is 77.4 Å². The Balaban J connectivity index is 1.23. The van der Waals surface area contributed by atoms with E-state index in [9.17, 15) is 9.59 Å². The van der Waals surface area contributed by atoms with Crippen molar-refractivity contribution >= 4 is 11.8 Å². The first-order valence-electron chi connectivity index (χ1n) is 11.3. The molecular formula is C25H32N3O3+. The monoisotopic (exact) mass is 422 g/mol. The zero-order chi connectivity index (χ0) is 21.6. The van der Waals surface area contributed by atoms with Crippen LogP contribution >= 0.6 is 0 Å². The van der Waals surface area contributed by atoms with Gasteiger partial charge in [0, 0.05) is 13.0 Å². The third kappa shape index (κ3) is 5.25. The molecule has 4 rings (SSSR count). The summed E-state index contributed by atoms with van der Waals surface area (Å²) in [6.45, 7) is 7.52. The molecule has 31 heavy (non-hydrogen) atoms. The first-order chi connectivity index (χ1) is 15.1. The van der Waals surface area contributed by atoms with Crippen LogP contribution in [0.4, 0.5) is 0 Å². The van der Waals surface area contributed by atoms with Gasteiger partial charge in [-0.15, -0.1) is 0 Å². The Hall–Kier alpha value is -2.86. The van der Waals surface area contributed by atoms with Gasteiger partial charge in [0.05, 0.1) is 38.1 Å². The topological polar surface area (TPSA) is 54.3 Å². The molecule has 2 atom stereocenters. The van der Waals surface area contributed by atoms with Crippen LogP contribution in [-0.4, -0.2) is 67.5 Å². The van der Waals surface area contributed by atoms with Gasteiger partial charge >= 0.3 is 0 Å². The average Bonchev–Trinajstić information content (AvgIpc) is 3.21. The summed E-state index contributed by atoms with van der Waals surface area (Å²) in [6.07, 6.45) is 0.327.